The second-order valence-electron chi connectivity index (χ2n) is 4.34. The Hall–Kier alpha value is -0.530. The van der Waals surface area contributed by atoms with Crippen molar-refractivity contribution in [3.63, 3.8) is 0 Å². The zero-order valence-corrected chi connectivity index (χ0v) is 10.0. The standard InChI is InChI=1S/C12H24O2/c1-5-7-12(13)14-9-11(6-2)8-10(3)4/h10-11H,5-9H2,1-4H3. The van der Waals surface area contributed by atoms with Gasteiger partial charge in [0.2, 0.25) is 0 Å². The van der Waals surface area contributed by atoms with E-state index in [1.165, 1.54) is 0 Å². The van der Waals surface area contributed by atoms with Gasteiger partial charge in [-0.05, 0) is 24.7 Å². The van der Waals surface area contributed by atoms with E-state index < -0.39 is 0 Å². The zero-order valence-electron chi connectivity index (χ0n) is 10.0. The summed E-state index contributed by atoms with van der Waals surface area (Å²) in [6, 6.07) is 0. The average Bonchev–Trinajstić information content (AvgIpc) is 2.12. The Bertz CT molecular complexity index is 152. The number of ether oxygens (including phenoxy) is 1. The molecule has 0 radical (unpaired) electrons. The summed E-state index contributed by atoms with van der Waals surface area (Å²) in [7, 11) is 0. The summed E-state index contributed by atoms with van der Waals surface area (Å²) in [6.07, 6.45) is 3.67. The Labute approximate surface area is 88.0 Å². The van der Waals surface area contributed by atoms with Gasteiger partial charge in [-0.1, -0.05) is 34.1 Å². The Morgan fingerprint density at radius 1 is 1.29 bits per heavy atom. The molecule has 2 nitrogen and oxygen atoms in total. The molecule has 0 spiro atoms. The molecule has 0 aliphatic heterocycles. The summed E-state index contributed by atoms with van der Waals surface area (Å²) in [5, 5.41) is 0. The maximum absolute atomic E-state index is 11.1. The smallest absolute Gasteiger partial charge is 0.305 e. The van der Waals surface area contributed by atoms with Crippen LogP contribution in [0.3, 0.4) is 0 Å². The third-order valence-electron chi connectivity index (χ3n) is 2.32. The highest BCUT2D eigenvalue weighted by Crippen LogP contribution is 2.15. The zero-order chi connectivity index (χ0) is 11.0. The number of carbonyl (C=O) groups excluding carboxylic acids is 1. The van der Waals surface area contributed by atoms with Gasteiger partial charge < -0.3 is 4.74 Å². The van der Waals surface area contributed by atoms with E-state index in [0.717, 1.165) is 19.3 Å². The van der Waals surface area contributed by atoms with Crippen LogP contribution in [0.4, 0.5) is 0 Å². The second-order valence-corrected chi connectivity index (χ2v) is 4.34. The van der Waals surface area contributed by atoms with Crippen LogP contribution in [-0.2, 0) is 9.53 Å². The van der Waals surface area contributed by atoms with Crippen molar-refractivity contribution in [1.82, 2.24) is 0 Å². The largest absolute Gasteiger partial charge is 0.465 e. The Morgan fingerprint density at radius 3 is 2.36 bits per heavy atom. The molecule has 0 aromatic rings. The molecule has 2 heteroatoms. The van der Waals surface area contributed by atoms with Crippen molar-refractivity contribution in [3.8, 4) is 0 Å². The predicted molar refractivity (Wildman–Crippen MR) is 59.1 cm³/mol. The average molecular weight is 200 g/mol. The van der Waals surface area contributed by atoms with Crippen molar-refractivity contribution in [2.45, 2.75) is 53.4 Å². The highest BCUT2D eigenvalue weighted by atomic mass is 16.5. The van der Waals surface area contributed by atoms with Gasteiger partial charge in [0.1, 0.15) is 0 Å². The topological polar surface area (TPSA) is 26.3 Å². The van der Waals surface area contributed by atoms with E-state index in [0.29, 0.717) is 24.9 Å². The van der Waals surface area contributed by atoms with Crippen LogP contribution < -0.4 is 0 Å². The van der Waals surface area contributed by atoms with Gasteiger partial charge >= 0.3 is 5.97 Å². The van der Waals surface area contributed by atoms with Gasteiger partial charge in [-0.15, -0.1) is 0 Å². The minimum absolute atomic E-state index is 0.0466. The van der Waals surface area contributed by atoms with Crippen LogP contribution in [0.5, 0.6) is 0 Å². The first-order valence-electron chi connectivity index (χ1n) is 5.75. The first-order chi connectivity index (χ1) is 6.60. The molecule has 0 saturated carbocycles. The van der Waals surface area contributed by atoms with E-state index in [-0.39, 0.29) is 5.97 Å². The molecule has 0 aliphatic carbocycles. The van der Waals surface area contributed by atoms with Crippen molar-refractivity contribution in [2.75, 3.05) is 6.61 Å². The van der Waals surface area contributed by atoms with E-state index in [4.69, 9.17) is 4.74 Å². The van der Waals surface area contributed by atoms with Crippen molar-refractivity contribution in [3.05, 3.63) is 0 Å². The van der Waals surface area contributed by atoms with E-state index >= 15 is 0 Å². The second kappa shape index (κ2) is 7.84. The fourth-order valence-corrected chi connectivity index (χ4v) is 1.51. The Morgan fingerprint density at radius 2 is 1.93 bits per heavy atom. The van der Waals surface area contributed by atoms with Crippen molar-refractivity contribution in [2.24, 2.45) is 11.8 Å². The fraction of sp³-hybridized carbons (Fsp3) is 0.917. The molecule has 14 heavy (non-hydrogen) atoms. The molecule has 0 fully saturated rings. The molecule has 0 amide bonds. The van der Waals surface area contributed by atoms with Crippen LogP contribution in [0.2, 0.25) is 0 Å². The molecule has 0 aromatic heterocycles. The van der Waals surface area contributed by atoms with Crippen LogP contribution in [0, 0.1) is 11.8 Å². The van der Waals surface area contributed by atoms with Gasteiger partial charge in [0.15, 0.2) is 0 Å². The van der Waals surface area contributed by atoms with Crippen molar-refractivity contribution >= 4 is 5.97 Å². The quantitative estimate of drug-likeness (QED) is 0.589. The summed E-state index contributed by atoms with van der Waals surface area (Å²) in [5.41, 5.74) is 0. The van der Waals surface area contributed by atoms with E-state index in [1.807, 2.05) is 6.92 Å². The lowest BCUT2D eigenvalue weighted by atomic mass is 9.96. The minimum Gasteiger partial charge on any atom is -0.465 e. The van der Waals surface area contributed by atoms with Crippen LogP contribution in [0.15, 0.2) is 0 Å². The molecule has 0 aliphatic rings. The van der Waals surface area contributed by atoms with Crippen LogP contribution in [-0.4, -0.2) is 12.6 Å². The van der Waals surface area contributed by atoms with Gasteiger partial charge in [-0.25, -0.2) is 0 Å². The summed E-state index contributed by atoms with van der Waals surface area (Å²) >= 11 is 0. The molecule has 0 bridgehead atoms. The molecule has 0 saturated heterocycles. The van der Waals surface area contributed by atoms with Gasteiger partial charge in [-0.2, -0.15) is 0 Å². The lowest BCUT2D eigenvalue weighted by Gasteiger charge is -2.16. The first-order valence-corrected chi connectivity index (χ1v) is 5.75. The summed E-state index contributed by atoms with van der Waals surface area (Å²) in [6.45, 7) is 9.16. The molecule has 0 N–H and O–H groups in total. The number of carbonyl (C=O) groups is 1. The third-order valence-corrected chi connectivity index (χ3v) is 2.32. The van der Waals surface area contributed by atoms with E-state index in [9.17, 15) is 4.79 Å². The highest BCUT2D eigenvalue weighted by molar-refractivity contribution is 5.69. The molecular formula is C12H24O2. The number of hydrogen-bond donors (Lipinski definition) is 0. The fourth-order valence-electron chi connectivity index (χ4n) is 1.51. The van der Waals surface area contributed by atoms with Gasteiger partial charge in [0.05, 0.1) is 6.61 Å². The SMILES string of the molecule is CCCC(=O)OCC(CC)CC(C)C. The molecule has 1 atom stereocenters. The van der Waals surface area contributed by atoms with Gasteiger partial charge in [-0.3, -0.25) is 4.79 Å². The molecule has 0 heterocycles. The molecular weight excluding hydrogens is 176 g/mol. The monoisotopic (exact) mass is 200 g/mol. The summed E-state index contributed by atoms with van der Waals surface area (Å²) < 4.78 is 5.20. The number of rotatable bonds is 7. The minimum atomic E-state index is -0.0466. The molecule has 0 rings (SSSR count). The van der Waals surface area contributed by atoms with E-state index in [1.54, 1.807) is 0 Å². The van der Waals surface area contributed by atoms with Crippen molar-refractivity contribution in [1.29, 1.82) is 0 Å². The lowest BCUT2D eigenvalue weighted by Crippen LogP contribution is -2.15. The van der Waals surface area contributed by atoms with Crippen LogP contribution in [0.25, 0.3) is 0 Å². The summed E-state index contributed by atoms with van der Waals surface area (Å²) in [5.74, 6) is 1.18. The first kappa shape index (κ1) is 13.5. The molecule has 1 unspecified atom stereocenters. The number of esters is 1. The lowest BCUT2D eigenvalue weighted by molar-refractivity contribution is -0.145. The van der Waals surface area contributed by atoms with Crippen molar-refractivity contribution < 1.29 is 9.53 Å². The highest BCUT2D eigenvalue weighted by Gasteiger charge is 2.11. The predicted octanol–water partition coefficient (Wildman–Crippen LogP) is 3.40. The molecule has 84 valence electrons. The van der Waals surface area contributed by atoms with Crippen LogP contribution >= 0.6 is 0 Å². The maximum Gasteiger partial charge on any atom is 0.305 e. The van der Waals surface area contributed by atoms with Crippen LogP contribution in [0.1, 0.15) is 53.4 Å². The maximum atomic E-state index is 11.1. The normalized spacial score (nSPS) is 12.9. The molecule has 0 aromatic carbocycles. The van der Waals surface area contributed by atoms with Gasteiger partial charge in [0.25, 0.3) is 0 Å². The third kappa shape index (κ3) is 6.93. The Kier molecular flexibility index (Phi) is 7.54. The summed E-state index contributed by atoms with van der Waals surface area (Å²) in [4.78, 5) is 11.1. The van der Waals surface area contributed by atoms with E-state index in [2.05, 4.69) is 20.8 Å². The number of hydrogen-bond acceptors (Lipinski definition) is 2. The van der Waals surface area contributed by atoms with Gasteiger partial charge in [0, 0.05) is 6.42 Å². The Balaban J connectivity index is 3.66.